The van der Waals surface area contributed by atoms with Crippen molar-refractivity contribution in [2.75, 3.05) is 0 Å². The van der Waals surface area contributed by atoms with Crippen LogP contribution in [0.2, 0.25) is 5.22 Å². The summed E-state index contributed by atoms with van der Waals surface area (Å²) in [5, 5.41) is 6.42. The van der Waals surface area contributed by atoms with Gasteiger partial charge in [0.2, 0.25) is 5.22 Å². The van der Waals surface area contributed by atoms with E-state index in [1.807, 2.05) is 6.92 Å². The lowest BCUT2D eigenvalue weighted by Crippen LogP contribution is -2.22. The number of nitrogens with one attached hydrogen (secondary N) is 1. The van der Waals surface area contributed by atoms with Gasteiger partial charge in [-0.3, -0.25) is 4.79 Å². The number of aromatic nitrogens is 1. The van der Waals surface area contributed by atoms with Crippen molar-refractivity contribution >= 4 is 17.5 Å². The second-order valence-electron chi connectivity index (χ2n) is 3.23. The van der Waals surface area contributed by atoms with Gasteiger partial charge in [-0.15, -0.1) is 0 Å². The molecular weight excluding hydrogens is 232 g/mol. The van der Waals surface area contributed by atoms with Gasteiger partial charge in [-0.2, -0.15) is 0 Å². The number of hydrogen-bond acceptors (Lipinski definition) is 4. The molecule has 2 aromatic rings. The van der Waals surface area contributed by atoms with Crippen LogP contribution in [-0.4, -0.2) is 11.1 Å². The molecule has 0 saturated carbocycles. The van der Waals surface area contributed by atoms with Gasteiger partial charge in [-0.1, -0.05) is 5.16 Å². The van der Waals surface area contributed by atoms with E-state index >= 15 is 0 Å². The summed E-state index contributed by atoms with van der Waals surface area (Å²) in [5.74, 6) is 0.276. The molecular formula is C10H9ClN2O3. The van der Waals surface area contributed by atoms with Crippen LogP contribution in [0.5, 0.6) is 0 Å². The van der Waals surface area contributed by atoms with Gasteiger partial charge in [0.1, 0.15) is 0 Å². The third kappa shape index (κ3) is 2.25. The fourth-order valence-corrected chi connectivity index (χ4v) is 1.42. The highest BCUT2D eigenvalue weighted by Gasteiger charge is 2.13. The van der Waals surface area contributed by atoms with E-state index in [9.17, 15) is 4.79 Å². The van der Waals surface area contributed by atoms with E-state index in [0.717, 1.165) is 5.69 Å². The van der Waals surface area contributed by atoms with E-state index in [-0.39, 0.29) is 17.7 Å². The summed E-state index contributed by atoms with van der Waals surface area (Å²) in [6, 6.07) is 3.25. The minimum absolute atomic E-state index is 0.0752. The Kier molecular flexibility index (Phi) is 2.96. The smallest absolute Gasteiger partial charge is 0.256 e. The molecule has 0 atom stereocenters. The Bertz CT molecular complexity index is 504. The van der Waals surface area contributed by atoms with Crippen molar-refractivity contribution < 1.29 is 13.7 Å². The number of aryl methyl sites for hydroxylation is 1. The fourth-order valence-electron chi connectivity index (χ4n) is 1.22. The van der Waals surface area contributed by atoms with E-state index in [1.54, 1.807) is 6.07 Å². The molecule has 0 aliphatic rings. The SMILES string of the molecule is Cc1cc(CNC(=O)c2ccoc2Cl)on1. The van der Waals surface area contributed by atoms with Crippen LogP contribution in [0.3, 0.4) is 0 Å². The molecule has 0 radical (unpaired) electrons. The van der Waals surface area contributed by atoms with Gasteiger partial charge in [-0.25, -0.2) is 0 Å². The van der Waals surface area contributed by atoms with Crippen molar-refractivity contribution in [1.82, 2.24) is 10.5 Å². The summed E-state index contributed by atoms with van der Waals surface area (Å²) >= 11 is 5.66. The second-order valence-corrected chi connectivity index (χ2v) is 3.57. The zero-order valence-electron chi connectivity index (χ0n) is 8.49. The maximum absolute atomic E-state index is 11.6. The van der Waals surface area contributed by atoms with E-state index in [2.05, 4.69) is 10.5 Å². The summed E-state index contributed by atoms with van der Waals surface area (Å²) in [6.45, 7) is 2.07. The zero-order valence-corrected chi connectivity index (χ0v) is 9.25. The minimum atomic E-state index is -0.312. The molecule has 1 amide bonds. The zero-order chi connectivity index (χ0) is 11.5. The topological polar surface area (TPSA) is 68.3 Å². The second kappa shape index (κ2) is 4.40. The summed E-state index contributed by atoms with van der Waals surface area (Å²) in [4.78, 5) is 11.6. The Morgan fingerprint density at radius 2 is 2.44 bits per heavy atom. The van der Waals surface area contributed by atoms with Crippen molar-refractivity contribution in [3.05, 3.63) is 40.6 Å². The molecule has 1 N–H and O–H groups in total. The molecule has 0 aromatic carbocycles. The molecule has 16 heavy (non-hydrogen) atoms. The van der Waals surface area contributed by atoms with Crippen LogP contribution < -0.4 is 5.32 Å². The lowest BCUT2D eigenvalue weighted by molar-refractivity contribution is 0.0946. The molecule has 0 fully saturated rings. The highest BCUT2D eigenvalue weighted by atomic mass is 35.5. The Labute approximate surface area is 96.4 Å². The molecule has 2 rings (SSSR count). The molecule has 6 heteroatoms. The van der Waals surface area contributed by atoms with Crippen LogP contribution in [0.15, 0.2) is 27.3 Å². The first-order valence-corrected chi connectivity index (χ1v) is 4.98. The predicted molar refractivity (Wildman–Crippen MR) is 56.1 cm³/mol. The monoisotopic (exact) mass is 240 g/mol. The Morgan fingerprint density at radius 1 is 1.62 bits per heavy atom. The molecule has 0 bridgehead atoms. The predicted octanol–water partition coefficient (Wildman–Crippen LogP) is 2.16. The molecule has 0 aliphatic heterocycles. The fraction of sp³-hybridized carbons (Fsp3) is 0.200. The van der Waals surface area contributed by atoms with Crippen LogP contribution in [0.1, 0.15) is 21.8 Å². The summed E-state index contributed by atoms with van der Waals surface area (Å²) < 4.78 is 9.75. The number of carbonyl (C=O) groups excluding carboxylic acids is 1. The quantitative estimate of drug-likeness (QED) is 0.893. The Morgan fingerprint density at radius 3 is 3.00 bits per heavy atom. The van der Waals surface area contributed by atoms with Gasteiger partial charge in [0.15, 0.2) is 5.76 Å². The van der Waals surface area contributed by atoms with Gasteiger partial charge in [0, 0.05) is 6.07 Å². The van der Waals surface area contributed by atoms with Crippen LogP contribution in [0, 0.1) is 6.92 Å². The first-order chi connectivity index (χ1) is 7.66. The first-order valence-electron chi connectivity index (χ1n) is 4.60. The number of amides is 1. The maximum Gasteiger partial charge on any atom is 0.256 e. The molecule has 0 saturated heterocycles. The molecule has 0 unspecified atom stereocenters. The number of rotatable bonds is 3. The molecule has 2 heterocycles. The first kappa shape index (κ1) is 10.8. The molecule has 2 aromatic heterocycles. The van der Waals surface area contributed by atoms with Gasteiger partial charge in [0.25, 0.3) is 5.91 Å². The van der Waals surface area contributed by atoms with Crippen LogP contribution in [-0.2, 0) is 6.54 Å². The standard InChI is InChI=1S/C10H9ClN2O3/c1-6-4-7(16-13-6)5-12-10(14)8-2-3-15-9(8)11/h2-4H,5H2,1H3,(H,12,14). The average molecular weight is 241 g/mol. The lowest BCUT2D eigenvalue weighted by atomic mass is 10.3. The largest absolute Gasteiger partial charge is 0.452 e. The van der Waals surface area contributed by atoms with Crippen LogP contribution in [0.4, 0.5) is 0 Å². The van der Waals surface area contributed by atoms with Gasteiger partial charge < -0.3 is 14.3 Å². The van der Waals surface area contributed by atoms with Crippen molar-refractivity contribution in [1.29, 1.82) is 0 Å². The normalized spacial score (nSPS) is 10.4. The molecule has 5 nitrogen and oxygen atoms in total. The van der Waals surface area contributed by atoms with E-state index in [1.165, 1.54) is 12.3 Å². The van der Waals surface area contributed by atoms with Crippen molar-refractivity contribution in [2.24, 2.45) is 0 Å². The number of furan rings is 1. The van der Waals surface area contributed by atoms with Crippen molar-refractivity contribution in [2.45, 2.75) is 13.5 Å². The summed E-state index contributed by atoms with van der Waals surface area (Å²) in [6.07, 6.45) is 1.36. The van der Waals surface area contributed by atoms with Crippen LogP contribution in [0.25, 0.3) is 0 Å². The van der Waals surface area contributed by atoms with Gasteiger partial charge >= 0.3 is 0 Å². The van der Waals surface area contributed by atoms with Crippen molar-refractivity contribution in [3.8, 4) is 0 Å². The third-order valence-corrected chi connectivity index (χ3v) is 2.26. The van der Waals surface area contributed by atoms with Gasteiger partial charge in [-0.05, 0) is 24.6 Å². The van der Waals surface area contributed by atoms with Crippen LogP contribution >= 0.6 is 11.6 Å². The Hall–Kier alpha value is -1.75. The Balaban J connectivity index is 1.96. The number of nitrogens with zero attached hydrogens (tertiary/aromatic N) is 1. The van der Waals surface area contributed by atoms with Gasteiger partial charge in [0.05, 0.1) is 24.1 Å². The van der Waals surface area contributed by atoms with E-state index < -0.39 is 0 Å². The highest BCUT2D eigenvalue weighted by molar-refractivity contribution is 6.32. The summed E-state index contributed by atoms with van der Waals surface area (Å²) in [5.41, 5.74) is 1.07. The van der Waals surface area contributed by atoms with E-state index in [4.69, 9.17) is 20.5 Å². The highest BCUT2D eigenvalue weighted by Crippen LogP contribution is 2.16. The molecule has 84 valence electrons. The summed E-state index contributed by atoms with van der Waals surface area (Å²) in [7, 11) is 0. The molecule has 0 aliphatic carbocycles. The number of halogens is 1. The average Bonchev–Trinajstić information content (AvgIpc) is 2.84. The molecule has 0 spiro atoms. The minimum Gasteiger partial charge on any atom is -0.452 e. The number of carbonyl (C=O) groups is 1. The van der Waals surface area contributed by atoms with Crippen molar-refractivity contribution in [3.63, 3.8) is 0 Å². The lowest BCUT2D eigenvalue weighted by Gasteiger charge is -1.99. The maximum atomic E-state index is 11.6. The third-order valence-electron chi connectivity index (χ3n) is 1.96. The number of hydrogen-bond donors (Lipinski definition) is 1. The van der Waals surface area contributed by atoms with E-state index in [0.29, 0.717) is 11.3 Å².